The minimum atomic E-state index is -0.931. The monoisotopic (exact) mass is 1250 g/mol. The molecule has 8 heteroatoms. The molecule has 0 saturated carbocycles. The molecule has 0 spiro atoms. The summed E-state index contributed by atoms with van der Waals surface area (Å²) < 4.78 is 4.80. The van der Waals surface area contributed by atoms with Crippen LogP contribution in [-0.4, -0.2) is 21.6 Å². The van der Waals surface area contributed by atoms with Gasteiger partial charge in [0.2, 0.25) is 0 Å². The lowest BCUT2D eigenvalue weighted by Gasteiger charge is -2.37. The van der Waals surface area contributed by atoms with E-state index in [1.165, 1.54) is 0 Å². The zero-order valence-corrected chi connectivity index (χ0v) is 53.5. The van der Waals surface area contributed by atoms with Crippen molar-refractivity contribution < 1.29 is 0 Å². The second-order valence-electron chi connectivity index (χ2n) is 25.1. The second-order valence-corrected chi connectivity index (χ2v) is 25.1. The molecule has 2 unspecified atom stereocenters. The fourth-order valence-corrected chi connectivity index (χ4v) is 15.3. The Morgan fingerprint density at radius 1 is 0.337 bits per heavy atom. The number of aromatic nitrogens is 2. The number of anilines is 6. The van der Waals surface area contributed by atoms with Crippen molar-refractivity contribution in [3.05, 3.63) is 373 Å². The highest BCUT2D eigenvalue weighted by molar-refractivity contribution is 6.15. The van der Waals surface area contributed by atoms with Crippen LogP contribution >= 0.6 is 0 Å². The summed E-state index contributed by atoms with van der Waals surface area (Å²) in [6, 6.07) is 117. The Balaban J connectivity index is 0.788. The number of hydrogen-bond acceptors (Lipinski definition) is 6. The first-order chi connectivity index (χ1) is 48.5. The van der Waals surface area contributed by atoms with Crippen molar-refractivity contribution in [3.63, 3.8) is 0 Å². The first-order valence-electron chi connectivity index (χ1n) is 33.2. The minimum Gasteiger partial charge on any atom is -0.311 e. The normalized spacial score (nSPS) is 15.6. The van der Waals surface area contributed by atoms with E-state index < -0.39 is 10.8 Å². The van der Waals surface area contributed by atoms with Crippen LogP contribution in [0, 0.1) is 22.7 Å². The van der Waals surface area contributed by atoms with Gasteiger partial charge < -0.3 is 18.9 Å². The van der Waals surface area contributed by atoms with Crippen LogP contribution in [0.1, 0.15) is 46.2 Å². The van der Waals surface area contributed by atoms with Crippen molar-refractivity contribution in [2.24, 2.45) is 9.98 Å². The van der Waals surface area contributed by atoms with Gasteiger partial charge in [-0.2, -0.15) is 10.5 Å². The number of nitrogens with zero attached hydrogens (tertiary/aromatic N) is 8. The summed E-state index contributed by atoms with van der Waals surface area (Å²) in [5.41, 5.74) is 19.6. The number of fused-ring (bicyclic) bond motifs is 6. The first kappa shape index (κ1) is 58.7. The second kappa shape index (κ2) is 24.6. The number of aliphatic imine (C=N–C) groups is 2. The van der Waals surface area contributed by atoms with Crippen LogP contribution in [0.2, 0.25) is 0 Å². The highest BCUT2D eigenvalue weighted by atomic mass is 15.1. The van der Waals surface area contributed by atoms with Crippen LogP contribution in [-0.2, 0) is 10.8 Å². The van der Waals surface area contributed by atoms with E-state index in [4.69, 9.17) is 4.99 Å². The van der Waals surface area contributed by atoms with Crippen molar-refractivity contribution in [1.29, 1.82) is 10.5 Å². The zero-order chi connectivity index (χ0) is 65.6. The van der Waals surface area contributed by atoms with Crippen molar-refractivity contribution in [2.45, 2.75) is 23.7 Å². The van der Waals surface area contributed by atoms with E-state index in [2.05, 4.69) is 358 Å². The topological polar surface area (TPSA) is 88.6 Å². The smallest absolute Gasteiger partial charge is 0.101 e. The Morgan fingerprint density at radius 2 is 0.724 bits per heavy atom. The van der Waals surface area contributed by atoms with Gasteiger partial charge in [0, 0.05) is 127 Å². The first-order valence-corrected chi connectivity index (χ1v) is 33.2. The highest BCUT2D eigenvalue weighted by Crippen LogP contribution is 2.49. The van der Waals surface area contributed by atoms with E-state index in [9.17, 15) is 10.5 Å². The quantitative estimate of drug-likeness (QED) is 0.108. The standard InChI is InChI=1S/C90H62N8/c91-61-65-57-68(89(49-53-93-54-50-89)66-21-17-31-75(58-66)97-85-39-15-13-33-79(85)81-37-19-35-77(87(81)97)63-41-45-73(46-42-63)95(69-23-5-1-6-24-69)70-25-7-2-8-26-70)60-84(83(65)62-92)90(51-55-94-56-52-90)67-22-18-32-76(59-67)98-86-40-16-14-34-80(86)82-38-20-36-78(88(82)98)64-43-47-74(48-44-64)96(71-27-9-3-10-28-71)72-29-11-4-12-30-72/h1-49,51,53-60H,50,52H2. The predicted molar refractivity (Wildman–Crippen MR) is 404 cm³/mol. The summed E-state index contributed by atoms with van der Waals surface area (Å²) in [5, 5.41) is 27.4. The number of benzene rings is 13. The van der Waals surface area contributed by atoms with Crippen molar-refractivity contribution in [3.8, 4) is 45.8 Å². The van der Waals surface area contributed by atoms with Crippen molar-refractivity contribution >= 4 is 90.2 Å². The predicted octanol–water partition coefficient (Wildman–Crippen LogP) is 22.4. The lowest BCUT2D eigenvalue weighted by Crippen LogP contribution is -2.32. The van der Waals surface area contributed by atoms with E-state index in [1.807, 2.05) is 30.9 Å². The van der Waals surface area contributed by atoms with Crippen LogP contribution in [0.25, 0.3) is 77.2 Å². The van der Waals surface area contributed by atoms with Crippen LogP contribution in [0.5, 0.6) is 0 Å². The van der Waals surface area contributed by atoms with Gasteiger partial charge in [0.1, 0.15) is 12.1 Å². The summed E-state index contributed by atoms with van der Waals surface area (Å²) in [6.45, 7) is 0. The van der Waals surface area contributed by atoms with Gasteiger partial charge in [0.15, 0.2) is 0 Å². The van der Waals surface area contributed by atoms with E-state index in [-0.39, 0.29) is 0 Å². The third kappa shape index (κ3) is 9.90. The molecule has 0 radical (unpaired) electrons. The summed E-state index contributed by atoms with van der Waals surface area (Å²) in [5.74, 6) is 0. The molecule has 2 aliphatic rings. The largest absolute Gasteiger partial charge is 0.311 e. The molecule has 0 aliphatic carbocycles. The third-order valence-corrected chi connectivity index (χ3v) is 19.9. The molecule has 98 heavy (non-hydrogen) atoms. The van der Waals surface area contributed by atoms with Gasteiger partial charge >= 0.3 is 0 Å². The van der Waals surface area contributed by atoms with Crippen molar-refractivity contribution in [2.75, 3.05) is 9.80 Å². The van der Waals surface area contributed by atoms with E-state index in [0.29, 0.717) is 24.0 Å². The number of nitriles is 2. The molecule has 8 nitrogen and oxygen atoms in total. The Labute approximate surface area is 569 Å². The fraction of sp³-hybridized carbons (Fsp3) is 0.0444. The van der Waals surface area contributed by atoms with Crippen LogP contribution < -0.4 is 9.80 Å². The molecule has 2 aromatic heterocycles. The molecular formula is C90H62N8. The molecule has 0 bridgehead atoms. The van der Waals surface area contributed by atoms with E-state index >= 15 is 0 Å². The Morgan fingerprint density at radius 3 is 1.14 bits per heavy atom. The highest BCUT2D eigenvalue weighted by Gasteiger charge is 2.40. The van der Waals surface area contributed by atoms with Crippen LogP contribution in [0.3, 0.4) is 0 Å². The molecule has 0 fully saturated rings. The Bertz CT molecular complexity index is 5700. The average molecular weight is 1260 g/mol. The minimum absolute atomic E-state index is 0.306. The lowest BCUT2D eigenvalue weighted by molar-refractivity contribution is 0.644. The zero-order valence-electron chi connectivity index (χ0n) is 53.5. The molecule has 2 atom stereocenters. The summed E-state index contributed by atoms with van der Waals surface area (Å²) in [4.78, 5) is 14.0. The molecular weight excluding hydrogens is 1190 g/mol. The van der Waals surface area contributed by atoms with Gasteiger partial charge in [-0.15, -0.1) is 0 Å². The van der Waals surface area contributed by atoms with Gasteiger partial charge in [0.05, 0.1) is 33.2 Å². The Hall–Kier alpha value is -13.1. The maximum atomic E-state index is 11.5. The molecule has 15 aromatic rings. The molecule has 0 amide bonds. The molecule has 0 N–H and O–H groups in total. The number of hydrogen-bond donors (Lipinski definition) is 0. The molecule has 0 saturated heterocycles. The van der Waals surface area contributed by atoms with Crippen molar-refractivity contribution in [1.82, 2.24) is 9.13 Å². The van der Waals surface area contributed by atoms with Gasteiger partial charge in [-0.05, 0) is 149 Å². The van der Waals surface area contributed by atoms with E-state index in [0.717, 1.165) is 134 Å². The summed E-state index contributed by atoms with van der Waals surface area (Å²) in [7, 11) is 0. The molecule has 17 rings (SSSR count). The average Bonchev–Trinajstić information content (AvgIpc) is 1.41. The SMILES string of the molecule is N#Cc1cc(C2(c3cccc(-n4c5ccccc5c5cccc(-c6ccc(N(c7ccccc7)c7ccccc7)cc6)c54)c3)C=CN=CC2)cc(C2(c3cccc(-n4c5ccccc5c5cccc(-c6ccc(N(c7ccccc7)c7ccccc7)cc6)c54)c3)C=CN=CC2)c1C#N. The molecule has 2 aliphatic heterocycles. The fourth-order valence-electron chi connectivity index (χ4n) is 15.3. The summed E-state index contributed by atoms with van der Waals surface area (Å²) >= 11 is 0. The molecule has 4 heterocycles. The van der Waals surface area contributed by atoms with Gasteiger partial charge in [-0.25, -0.2) is 0 Å². The Kier molecular flexibility index (Phi) is 14.8. The number of para-hydroxylation sites is 8. The number of rotatable bonds is 14. The molecule has 13 aromatic carbocycles. The van der Waals surface area contributed by atoms with Crippen LogP contribution in [0.4, 0.5) is 34.1 Å². The van der Waals surface area contributed by atoms with Crippen LogP contribution in [0.15, 0.2) is 350 Å². The van der Waals surface area contributed by atoms with Gasteiger partial charge in [-0.1, -0.05) is 212 Å². The van der Waals surface area contributed by atoms with Gasteiger partial charge in [-0.3, -0.25) is 9.98 Å². The molecule has 462 valence electrons. The van der Waals surface area contributed by atoms with Gasteiger partial charge in [0.25, 0.3) is 0 Å². The maximum absolute atomic E-state index is 11.5. The maximum Gasteiger partial charge on any atom is 0.101 e. The number of allylic oxidation sites excluding steroid dienone is 2. The lowest BCUT2D eigenvalue weighted by atomic mass is 9.65. The third-order valence-electron chi connectivity index (χ3n) is 19.9. The summed E-state index contributed by atoms with van der Waals surface area (Å²) in [6.07, 6.45) is 12.9. The van der Waals surface area contributed by atoms with E-state index in [1.54, 1.807) is 0 Å².